The van der Waals surface area contributed by atoms with Crippen molar-refractivity contribution in [2.45, 2.75) is 20.3 Å². The number of nitrogens with two attached hydrogens (primary N) is 1. The van der Waals surface area contributed by atoms with Gasteiger partial charge in [-0.15, -0.1) is 11.3 Å². The van der Waals surface area contributed by atoms with Crippen LogP contribution in [0.5, 0.6) is 0 Å². The Morgan fingerprint density at radius 1 is 1.37 bits per heavy atom. The van der Waals surface area contributed by atoms with E-state index in [2.05, 4.69) is 31.7 Å². The van der Waals surface area contributed by atoms with E-state index in [-0.39, 0.29) is 0 Å². The lowest BCUT2D eigenvalue weighted by Crippen LogP contribution is -2.24. The van der Waals surface area contributed by atoms with E-state index < -0.39 is 0 Å². The van der Waals surface area contributed by atoms with Crippen LogP contribution in [0, 0.1) is 13.8 Å². The largest absolute Gasteiger partial charge is 0.370 e. The zero-order valence-corrected chi connectivity index (χ0v) is 11.9. The Hall–Kier alpha value is -1.95. The highest BCUT2D eigenvalue weighted by Crippen LogP contribution is 2.09. The Kier molecular flexibility index (Phi) is 4.46. The van der Waals surface area contributed by atoms with Crippen LogP contribution in [-0.4, -0.2) is 22.5 Å². The predicted molar refractivity (Wildman–Crippen MR) is 79.6 cm³/mol. The van der Waals surface area contributed by atoms with Crippen LogP contribution in [0.15, 0.2) is 28.6 Å². The molecule has 0 fully saturated rings. The molecule has 0 spiro atoms. The normalized spacial score (nSPS) is 11.6. The number of hydrogen-bond donors (Lipinski definition) is 2. The first kappa shape index (κ1) is 13.5. The topological polar surface area (TPSA) is 76.2 Å². The molecule has 6 heteroatoms. The van der Waals surface area contributed by atoms with Crippen LogP contribution in [0.2, 0.25) is 0 Å². The van der Waals surface area contributed by atoms with E-state index in [1.807, 2.05) is 26.0 Å². The van der Waals surface area contributed by atoms with Crippen molar-refractivity contribution in [2.75, 3.05) is 11.9 Å². The highest BCUT2D eigenvalue weighted by Gasteiger charge is 2.00. The summed E-state index contributed by atoms with van der Waals surface area (Å²) < 4.78 is 0. The minimum absolute atomic E-state index is 0.349. The second-order valence-electron chi connectivity index (χ2n) is 4.20. The van der Waals surface area contributed by atoms with Gasteiger partial charge in [-0.3, -0.25) is 10.3 Å². The summed E-state index contributed by atoms with van der Waals surface area (Å²) in [5.41, 5.74) is 7.62. The summed E-state index contributed by atoms with van der Waals surface area (Å²) in [6.45, 7) is 4.50. The molecule has 100 valence electrons. The van der Waals surface area contributed by atoms with E-state index in [0.717, 1.165) is 17.8 Å². The van der Waals surface area contributed by atoms with Crippen molar-refractivity contribution in [3.63, 3.8) is 0 Å². The number of thiophene rings is 1. The lowest BCUT2D eigenvalue weighted by Gasteiger charge is -2.05. The van der Waals surface area contributed by atoms with E-state index in [1.54, 1.807) is 11.3 Å². The molecule has 2 aromatic heterocycles. The van der Waals surface area contributed by atoms with Crippen molar-refractivity contribution >= 4 is 23.2 Å². The van der Waals surface area contributed by atoms with Crippen LogP contribution >= 0.6 is 11.3 Å². The first-order valence-electron chi connectivity index (χ1n) is 6.05. The van der Waals surface area contributed by atoms with Crippen LogP contribution < -0.4 is 11.1 Å². The van der Waals surface area contributed by atoms with E-state index in [4.69, 9.17) is 5.73 Å². The number of guanidine groups is 1. The van der Waals surface area contributed by atoms with Crippen LogP contribution in [-0.2, 0) is 6.42 Å². The van der Waals surface area contributed by atoms with Crippen molar-refractivity contribution in [2.24, 2.45) is 10.7 Å². The average molecular weight is 275 g/mol. The maximum atomic E-state index is 5.81. The maximum Gasteiger partial charge on any atom is 0.229 e. The van der Waals surface area contributed by atoms with Gasteiger partial charge in [0.25, 0.3) is 0 Å². The van der Waals surface area contributed by atoms with Gasteiger partial charge in [0.05, 0.1) is 0 Å². The molecule has 19 heavy (non-hydrogen) atoms. The van der Waals surface area contributed by atoms with Crippen LogP contribution in [0.3, 0.4) is 0 Å². The van der Waals surface area contributed by atoms with Crippen LogP contribution in [0.4, 0.5) is 5.95 Å². The number of aryl methyl sites for hydroxylation is 2. The molecule has 0 unspecified atom stereocenters. The summed E-state index contributed by atoms with van der Waals surface area (Å²) >= 11 is 1.73. The average Bonchev–Trinajstić information content (AvgIpc) is 2.80. The Balaban J connectivity index is 1.90. The molecule has 0 aliphatic heterocycles. The van der Waals surface area contributed by atoms with E-state index in [1.165, 1.54) is 4.88 Å². The smallest absolute Gasteiger partial charge is 0.229 e. The van der Waals surface area contributed by atoms with Gasteiger partial charge in [-0.1, -0.05) is 6.07 Å². The Labute approximate surface area is 116 Å². The zero-order chi connectivity index (χ0) is 13.7. The number of aromatic nitrogens is 2. The first-order chi connectivity index (χ1) is 9.13. The van der Waals surface area contributed by atoms with Crippen molar-refractivity contribution in [1.82, 2.24) is 9.97 Å². The number of anilines is 1. The molecule has 0 radical (unpaired) electrons. The number of nitrogens with zero attached hydrogens (tertiary/aromatic N) is 3. The number of nitrogens with one attached hydrogen (secondary N) is 1. The fourth-order valence-corrected chi connectivity index (χ4v) is 2.38. The second-order valence-corrected chi connectivity index (χ2v) is 5.23. The summed E-state index contributed by atoms with van der Waals surface area (Å²) in [5, 5.41) is 4.97. The Morgan fingerprint density at radius 2 is 2.11 bits per heavy atom. The minimum atomic E-state index is 0.349. The standard InChI is InChI=1S/C13H17N5S/c1-9-8-10(2)17-13(16-9)18-12(14)15-6-5-11-4-3-7-19-11/h3-4,7-8H,5-6H2,1-2H3,(H3,14,15,16,17,18). The SMILES string of the molecule is Cc1cc(C)nc(NC(N)=NCCc2cccs2)n1. The lowest BCUT2D eigenvalue weighted by atomic mass is 10.3. The molecule has 0 saturated heterocycles. The summed E-state index contributed by atoms with van der Waals surface area (Å²) in [4.78, 5) is 14.1. The van der Waals surface area contributed by atoms with Crippen molar-refractivity contribution < 1.29 is 0 Å². The van der Waals surface area contributed by atoms with Gasteiger partial charge in [0.2, 0.25) is 5.95 Å². The highest BCUT2D eigenvalue weighted by molar-refractivity contribution is 7.09. The molecular weight excluding hydrogens is 258 g/mol. The number of rotatable bonds is 4. The molecule has 3 N–H and O–H groups in total. The van der Waals surface area contributed by atoms with Gasteiger partial charge in [0, 0.05) is 29.2 Å². The molecule has 2 heterocycles. The van der Waals surface area contributed by atoms with Gasteiger partial charge in [-0.05, 0) is 31.4 Å². The molecule has 5 nitrogen and oxygen atoms in total. The van der Waals surface area contributed by atoms with E-state index >= 15 is 0 Å². The molecule has 0 aromatic carbocycles. The third-order valence-corrected chi connectivity index (χ3v) is 3.38. The Morgan fingerprint density at radius 3 is 2.74 bits per heavy atom. The highest BCUT2D eigenvalue weighted by atomic mass is 32.1. The Bertz CT molecular complexity index is 542. The third-order valence-electron chi connectivity index (χ3n) is 2.44. The molecule has 2 rings (SSSR count). The van der Waals surface area contributed by atoms with Crippen LogP contribution in [0.25, 0.3) is 0 Å². The second kappa shape index (κ2) is 6.29. The van der Waals surface area contributed by atoms with Crippen LogP contribution in [0.1, 0.15) is 16.3 Å². The molecule has 0 aliphatic carbocycles. The number of hydrogen-bond acceptors (Lipinski definition) is 4. The fourth-order valence-electron chi connectivity index (χ4n) is 1.68. The maximum absolute atomic E-state index is 5.81. The summed E-state index contributed by atoms with van der Waals surface area (Å²) in [6, 6.07) is 6.04. The molecular formula is C13H17N5S. The molecule has 0 atom stereocenters. The summed E-state index contributed by atoms with van der Waals surface area (Å²) in [7, 11) is 0. The summed E-state index contributed by atoms with van der Waals surface area (Å²) in [6.07, 6.45) is 0.897. The first-order valence-corrected chi connectivity index (χ1v) is 6.93. The van der Waals surface area contributed by atoms with Gasteiger partial charge >= 0.3 is 0 Å². The third kappa shape index (κ3) is 4.33. The van der Waals surface area contributed by atoms with Crippen molar-refractivity contribution in [1.29, 1.82) is 0 Å². The molecule has 0 aliphatic rings. The quantitative estimate of drug-likeness (QED) is 0.662. The predicted octanol–water partition coefficient (Wildman–Crippen LogP) is 2.12. The zero-order valence-electron chi connectivity index (χ0n) is 11.1. The van der Waals surface area contributed by atoms with Gasteiger partial charge < -0.3 is 5.73 Å². The van der Waals surface area contributed by atoms with Gasteiger partial charge in [-0.2, -0.15) is 0 Å². The fraction of sp³-hybridized carbons (Fsp3) is 0.308. The molecule has 2 aromatic rings. The van der Waals surface area contributed by atoms with Gasteiger partial charge in [0.15, 0.2) is 5.96 Å². The van der Waals surface area contributed by atoms with E-state index in [0.29, 0.717) is 18.5 Å². The lowest BCUT2D eigenvalue weighted by molar-refractivity contribution is 0.980. The van der Waals surface area contributed by atoms with Gasteiger partial charge in [0.1, 0.15) is 0 Å². The molecule has 0 saturated carbocycles. The number of aliphatic imine (C=N–C) groups is 1. The monoisotopic (exact) mass is 275 g/mol. The summed E-state index contributed by atoms with van der Waals surface area (Å²) in [5.74, 6) is 0.844. The van der Waals surface area contributed by atoms with Crippen molar-refractivity contribution in [3.8, 4) is 0 Å². The molecule has 0 amide bonds. The van der Waals surface area contributed by atoms with Gasteiger partial charge in [-0.25, -0.2) is 9.97 Å². The van der Waals surface area contributed by atoms with E-state index in [9.17, 15) is 0 Å². The molecule has 0 bridgehead atoms. The minimum Gasteiger partial charge on any atom is -0.370 e. The van der Waals surface area contributed by atoms with Crippen molar-refractivity contribution in [3.05, 3.63) is 39.8 Å².